The second kappa shape index (κ2) is 6.67. The maximum atomic E-state index is 12.7. The van der Waals surface area contributed by atoms with E-state index in [0.29, 0.717) is 44.6 Å². The zero-order chi connectivity index (χ0) is 25.9. The molecule has 0 radical (unpaired) electrons. The lowest BCUT2D eigenvalue weighted by Crippen LogP contribution is -2.85. The van der Waals surface area contributed by atoms with Crippen molar-refractivity contribution in [3.63, 3.8) is 0 Å². The zero-order valence-electron chi connectivity index (χ0n) is 21.6. The van der Waals surface area contributed by atoms with Crippen LogP contribution in [0.3, 0.4) is 0 Å². The number of aliphatic hydroxyl groups is 7. The molecule has 0 amide bonds. The lowest BCUT2D eigenvalue weighted by Gasteiger charge is -2.68. The summed E-state index contributed by atoms with van der Waals surface area (Å²) in [5, 5.41) is 83.2. The van der Waals surface area contributed by atoms with E-state index in [1.54, 1.807) is 6.92 Å². The van der Waals surface area contributed by atoms with Crippen LogP contribution in [0.4, 0.5) is 0 Å². The zero-order valence-corrected chi connectivity index (χ0v) is 21.6. The van der Waals surface area contributed by atoms with Gasteiger partial charge in [-0.15, -0.1) is 0 Å². The van der Waals surface area contributed by atoms with Crippen LogP contribution in [0.15, 0.2) is 0 Å². The fourth-order valence-corrected chi connectivity index (χ4v) is 11.3. The van der Waals surface area contributed by atoms with Crippen molar-refractivity contribution >= 4 is 0 Å². The highest BCUT2D eigenvalue weighted by Gasteiger charge is 2.88. The molecule has 0 aromatic rings. The molecule has 7 aliphatic rings. The lowest BCUT2D eigenvalue weighted by atomic mass is 9.49. The van der Waals surface area contributed by atoms with E-state index in [0.717, 1.165) is 6.42 Å². The van der Waals surface area contributed by atoms with E-state index in [1.807, 2.05) is 6.92 Å². The first-order chi connectivity index (χ1) is 16.6. The Balaban J connectivity index is 1.39. The standard InChI is InChI=1S/C27H43NO8/c1-14-4-7-18-22(3,31)26(34)17(12-28(18)11-14)24(33)13-25-16(23(24,32)10-20(26)30)6-5-15-21(25,2)9-8-19(29)27(15,35)36-25/h14-20,29-35H,4-13H2,1-3H3/t14-,15?,16?,17?,18-,19+,20-,21-,22+,23+,24+,25+,26-,27-/m0/s1. The highest BCUT2D eigenvalue weighted by Crippen LogP contribution is 2.78. The van der Waals surface area contributed by atoms with Crippen LogP contribution in [0.5, 0.6) is 0 Å². The van der Waals surface area contributed by atoms with E-state index in [9.17, 15) is 35.7 Å². The van der Waals surface area contributed by atoms with E-state index in [4.69, 9.17) is 4.74 Å². The van der Waals surface area contributed by atoms with Crippen molar-refractivity contribution in [3.05, 3.63) is 0 Å². The first-order valence-electron chi connectivity index (χ1n) is 14.0. The van der Waals surface area contributed by atoms with Crippen LogP contribution in [0.25, 0.3) is 0 Å². The van der Waals surface area contributed by atoms with Crippen molar-refractivity contribution in [1.29, 1.82) is 0 Å². The quantitative estimate of drug-likeness (QED) is 0.228. The Hall–Kier alpha value is -0.360. The van der Waals surface area contributed by atoms with Gasteiger partial charge in [-0.25, -0.2) is 0 Å². The van der Waals surface area contributed by atoms with Gasteiger partial charge in [-0.05, 0) is 51.4 Å². The van der Waals surface area contributed by atoms with Crippen molar-refractivity contribution in [1.82, 2.24) is 4.90 Å². The third-order valence-electron chi connectivity index (χ3n) is 13.1. The summed E-state index contributed by atoms with van der Waals surface area (Å²) in [4.78, 5) is 2.12. The summed E-state index contributed by atoms with van der Waals surface area (Å²) < 4.78 is 6.52. The minimum absolute atomic E-state index is 0.0208. The molecular formula is C27H43NO8. The number of ether oxygens (including phenoxy) is 1. The van der Waals surface area contributed by atoms with Crippen LogP contribution in [0.2, 0.25) is 0 Å². The number of aliphatic hydroxyl groups excluding tert-OH is 2. The summed E-state index contributed by atoms with van der Waals surface area (Å²) >= 11 is 0. The molecule has 3 heterocycles. The highest BCUT2D eigenvalue weighted by atomic mass is 16.7. The van der Waals surface area contributed by atoms with E-state index in [2.05, 4.69) is 11.8 Å². The van der Waals surface area contributed by atoms with Crippen LogP contribution in [0.1, 0.15) is 72.1 Å². The van der Waals surface area contributed by atoms with E-state index < -0.39 is 63.3 Å². The smallest absolute Gasteiger partial charge is 0.196 e. The Morgan fingerprint density at radius 3 is 2.19 bits per heavy atom. The van der Waals surface area contributed by atoms with Gasteiger partial charge in [0, 0.05) is 55.1 Å². The Kier molecular flexibility index (Phi) is 4.57. The average Bonchev–Trinajstić information content (AvgIpc) is 2.97. The third-order valence-corrected chi connectivity index (χ3v) is 13.1. The van der Waals surface area contributed by atoms with E-state index in [1.165, 1.54) is 0 Å². The van der Waals surface area contributed by atoms with Crippen molar-refractivity contribution in [2.45, 2.75) is 124 Å². The second-order valence-electron chi connectivity index (χ2n) is 14.3. The van der Waals surface area contributed by atoms with Gasteiger partial charge in [0.2, 0.25) is 0 Å². The van der Waals surface area contributed by atoms with Gasteiger partial charge in [-0.2, -0.15) is 0 Å². The van der Waals surface area contributed by atoms with Gasteiger partial charge in [0.25, 0.3) is 0 Å². The molecular weight excluding hydrogens is 466 g/mol. The van der Waals surface area contributed by atoms with Crippen LogP contribution >= 0.6 is 0 Å². The predicted molar refractivity (Wildman–Crippen MR) is 126 cm³/mol. The predicted octanol–water partition coefficient (Wildman–Crippen LogP) is -0.526. The number of hydrogen-bond acceptors (Lipinski definition) is 9. The number of piperidine rings is 2. The monoisotopic (exact) mass is 509 g/mol. The normalized spacial score (nSPS) is 68.0. The molecule has 3 unspecified atom stereocenters. The maximum absolute atomic E-state index is 12.7. The summed E-state index contributed by atoms with van der Waals surface area (Å²) in [6.45, 7) is 6.70. The summed E-state index contributed by atoms with van der Waals surface area (Å²) in [7, 11) is 0. The topological polar surface area (TPSA) is 154 Å². The molecule has 4 saturated carbocycles. The molecule has 1 spiro atoms. The minimum atomic E-state index is -2.02. The number of rotatable bonds is 0. The van der Waals surface area contributed by atoms with Gasteiger partial charge in [-0.1, -0.05) is 13.8 Å². The number of hydrogen-bond donors (Lipinski definition) is 7. The summed E-state index contributed by atoms with van der Waals surface area (Å²) in [5.41, 5.74) is -9.07. The summed E-state index contributed by atoms with van der Waals surface area (Å²) in [5.74, 6) is -3.30. The van der Waals surface area contributed by atoms with E-state index in [-0.39, 0.29) is 31.3 Å². The molecule has 0 aromatic carbocycles. The van der Waals surface area contributed by atoms with Gasteiger partial charge in [-0.3, -0.25) is 4.90 Å². The fourth-order valence-electron chi connectivity index (χ4n) is 11.3. The fraction of sp³-hybridized carbons (Fsp3) is 1.00. The lowest BCUT2D eigenvalue weighted by molar-refractivity contribution is -0.354. The molecule has 9 heteroatoms. The second-order valence-corrected chi connectivity index (χ2v) is 14.3. The molecule has 7 fully saturated rings. The van der Waals surface area contributed by atoms with Crippen molar-refractivity contribution in [2.24, 2.45) is 29.1 Å². The van der Waals surface area contributed by atoms with Gasteiger partial charge in [0.05, 0.1) is 11.7 Å². The van der Waals surface area contributed by atoms with Gasteiger partial charge in [0.1, 0.15) is 28.5 Å². The molecule has 0 aromatic heterocycles. The molecule has 204 valence electrons. The molecule has 14 atom stereocenters. The molecule has 7 rings (SSSR count). The molecule has 7 N–H and O–H groups in total. The van der Waals surface area contributed by atoms with Crippen LogP contribution in [-0.2, 0) is 4.74 Å². The van der Waals surface area contributed by atoms with Gasteiger partial charge in [0.15, 0.2) is 5.79 Å². The SMILES string of the molecule is C[C@H]1CC[C@@H]2N(CC3[C@]4(O)C[C@@]56O[C@@]7(O)C(CCC5[C@]4(O)C[C@H](O)[C@]3(O)[C@]2(C)O)[C@]6(C)CC[C@H]7O)C1. The maximum Gasteiger partial charge on any atom is 0.196 e. The van der Waals surface area contributed by atoms with Crippen molar-refractivity contribution in [2.75, 3.05) is 13.1 Å². The Morgan fingerprint density at radius 2 is 1.47 bits per heavy atom. The molecule has 3 saturated heterocycles. The van der Waals surface area contributed by atoms with Crippen molar-refractivity contribution < 1.29 is 40.5 Å². The molecule has 3 aliphatic heterocycles. The molecule has 9 nitrogen and oxygen atoms in total. The molecule has 4 aliphatic carbocycles. The number of fused-ring (bicyclic) bond motifs is 5. The Bertz CT molecular complexity index is 995. The van der Waals surface area contributed by atoms with Gasteiger partial charge >= 0.3 is 0 Å². The Morgan fingerprint density at radius 1 is 0.778 bits per heavy atom. The van der Waals surface area contributed by atoms with E-state index >= 15 is 0 Å². The van der Waals surface area contributed by atoms with Crippen LogP contribution in [0, 0.1) is 29.1 Å². The summed E-state index contributed by atoms with van der Waals surface area (Å²) in [6, 6.07) is -0.360. The first-order valence-corrected chi connectivity index (χ1v) is 14.0. The molecule has 36 heavy (non-hydrogen) atoms. The first kappa shape index (κ1) is 24.7. The third kappa shape index (κ3) is 2.27. The van der Waals surface area contributed by atoms with Gasteiger partial charge < -0.3 is 40.5 Å². The minimum Gasteiger partial charge on any atom is -0.390 e. The number of nitrogens with zero attached hydrogens (tertiary/aromatic N) is 1. The van der Waals surface area contributed by atoms with Crippen LogP contribution in [-0.4, -0.2) is 106 Å². The van der Waals surface area contributed by atoms with Crippen molar-refractivity contribution in [3.8, 4) is 0 Å². The largest absolute Gasteiger partial charge is 0.390 e. The average molecular weight is 510 g/mol. The van der Waals surface area contributed by atoms with Crippen LogP contribution < -0.4 is 0 Å². The molecule has 4 bridgehead atoms. The Labute approximate surface area is 212 Å². The summed E-state index contributed by atoms with van der Waals surface area (Å²) in [6.07, 6.45) is 0.752. The highest BCUT2D eigenvalue weighted by molar-refractivity contribution is 5.37.